The van der Waals surface area contributed by atoms with Crippen molar-refractivity contribution in [2.75, 3.05) is 25.0 Å². The van der Waals surface area contributed by atoms with Crippen LogP contribution in [0.4, 0.5) is 5.69 Å². The first-order valence-electron chi connectivity index (χ1n) is 6.16. The Morgan fingerprint density at radius 3 is 3.00 bits per heavy atom. The van der Waals surface area contributed by atoms with Crippen LogP contribution in [-0.2, 0) is 0 Å². The van der Waals surface area contributed by atoms with Crippen LogP contribution in [0.2, 0.25) is 0 Å². The van der Waals surface area contributed by atoms with Crippen molar-refractivity contribution in [3.8, 4) is 0 Å². The molecule has 4 heteroatoms. The normalized spacial score (nSPS) is 31.5. The molecule has 2 fully saturated rings. The second kappa shape index (κ2) is 5.05. The van der Waals surface area contributed by atoms with Crippen molar-refractivity contribution in [1.29, 1.82) is 0 Å². The molecule has 3 atom stereocenters. The van der Waals surface area contributed by atoms with Crippen LogP contribution in [0.1, 0.15) is 12.8 Å². The molecule has 2 aliphatic rings. The first-order chi connectivity index (χ1) is 8.22. The van der Waals surface area contributed by atoms with Crippen molar-refractivity contribution >= 4 is 44.2 Å². The molecule has 92 valence electrons. The zero-order valence-corrected chi connectivity index (χ0v) is 13.4. The van der Waals surface area contributed by atoms with Gasteiger partial charge in [0.25, 0.3) is 0 Å². The SMILES string of the molecule is Brc1ccc(I)c(NC2CCN3CCC2C3)c1. The van der Waals surface area contributed by atoms with Crippen molar-refractivity contribution < 1.29 is 0 Å². The summed E-state index contributed by atoms with van der Waals surface area (Å²) in [6.07, 6.45) is 2.65. The van der Waals surface area contributed by atoms with Gasteiger partial charge in [0, 0.05) is 32.9 Å². The first kappa shape index (κ1) is 12.2. The highest BCUT2D eigenvalue weighted by molar-refractivity contribution is 14.1. The fraction of sp³-hybridized carbons (Fsp3) is 0.538. The van der Waals surface area contributed by atoms with E-state index in [1.165, 1.54) is 41.7 Å². The number of benzene rings is 1. The second-order valence-corrected chi connectivity index (χ2v) is 7.09. The molecule has 3 unspecified atom stereocenters. The summed E-state index contributed by atoms with van der Waals surface area (Å²) in [7, 11) is 0. The van der Waals surface area contributed by atoms with E-state index in [9.17, 15) is 0 Å². The highest BCUT2D eigenvalue weighted by atomic mass is 127. The van der Waals surface area contributed by atoms with Crippen LogP contribution < -0.4 is 5.32 Å². The van der Waals surface area contributed by atoms with Crippen LogP contribution in [-0.4, -0.2) is 30.6 Å². The summed E-state index contributed by atoms with van der Waals surface area (Å²) in [6, 6.07) is 7.13. The highest BCUT2D eigenvalue weighted by Gasteiger charge is 2.34. The Labute approximate surface area is 124 Å². The average molecular weight is 407 g/mol. The molecule has 17 heavy (non-hydrogen) atoms. The number of nitrogens with zero attached hydrogens (tertiary/aromatic N) is 1. The standard InChI is InChI=1S/C13H16BrIN2/c14-10-1-2-11(15)13(7-10)16-12-4-6-17-5-3-9(12)8-17/h1-2,7,9,12,16H,3-6,8H2. The molecule has 2 aliphatic heterocycles. The molecule has 2 nitrogen and oxygen atoms in total. The van der Waals surface area contributed by atoms with Gasteiger partial charge in [-0.15, -0.1) is 0 Å². The lowest BCUT2D eigenvalue weighted by atomic mass is 9.94. The van der Waals surface area contributed by atoms with Crippen LogP contribution in [0, 0.1) is 9.49 Å². The Kier molecular flexibility index (Phi) is 3.64. The third kappa shape index (κ3) is 2.63. The van der Waals surface area contributed by atoms with Gasteiger partial charge in [-0.2, -0.15) is 0 Å². The van der Waals surface area contributed by atoms with E-state index in [1.807, 2.05) is 0 Å². The molecule has 1 N–H and O–H groups in total. The number of halogens is 2. The number of anilines is 1. The minimum atomic E-state index is 0.663. The predicted molar refractivity (Wildman–Crippen MR) is 83.4 cm³/mol. The van der Waals surface area contributed by atoms with E-state index < -0.39 is 0 Å². The number of rotatable bonds is 2. The maximum atomic E-state index is 3.75. The van der Waals surface area contributed by atoms with E-state index in [4.69, 9.17) is 0 Å². The number of hydrogen-bond donors (Lipinski definition) is 1. The van der Waals surface area contributed by atoms with E-state index in [2.05, 4.69) is 66.9 Å². The van der Waals surface area contributed by atoms with Gasteiger partial charge in [-0.3, -0.25) is 0 Å². The fourth-order valence-corrected chi connectivity index (χ4v) is 3.80. The van der Waals surface area contributed by atoms with Gasteiger partial charge in [0.05, 0.1) is 0 Å². The summed E-state index contributed by atoms with van der Waals surface area (Å²) < 4.78 is 2.47. The number of hydrogen-bond acceptors (Lipinski definition) is 2. The van der Waals surface area contributed by atoms with Crippen molar-refractivity contribution in [1.82, 2.24) is 4.90 Å². The molecular formula is C13H16BrIN2. The summed E-state index contributed by atoms with van der Waals surface area (Å²) in [5.74, 6) is 0.846. The Morgan fingerprint density at radius 1 is 1.29 bits per heavy atom. The first-order valence-corrected chi connectivity index (χ1v) is 8.03. The van der Waals surface area contributed by atoms with Crippen molar-refractivity contribution in [2.45, 2.75) is 18.9 Å². The molecule has 0 radical (unpaired) electrons. The molecule has 1 aromatic rings. The molecule has 3 rings (SSSR count). The average Bonchev–Trinajstić information content (AvgIpc) is 2.70. The monoisotopic (exact) mass is 406 g/mol. The minimum Gasteiger partial charge on any atom is -0.381 e. The van der Waals surface area contributed by atoms with E-state index in [-0.39, 0.29) is 0 Å². The lowest BCUT2D eigenvalue weighted by Gasteiger charge is -2.32. The van der Waals surface area contributed by atoms with Crippen LogP contribution >= 0.6 is 38.5 Å². The molecule has 0 spiro atoms. The minimum absolute atomic E-state index is 0.663. The molecule has 0 aliphatic carbocycles. The quantitative estimate of drug-likeness (QED) is 0.755. The largest absolute Gasteiger partial charge is 0.381 e. The topological polar surface area (TPSA) is 15.3 Å². The fourth-order valence-electron chi connectivity index (χ4n) is 2.95. The van der Waals surface area contributed by atoms with Crippen molar-refractivity contribution in [3.05, 3.63) is 26.2 Å². The zero-order valence-electron chi connectivity index (χ0n) is 9.63. The molecule has 0 saturated carbocycles. The van der Waals surface area contributed by atoms with Crippen LogP contribution in [0.15, 0.2) is 22.7 Å². The van der Waals surface area contributed by atoms with Gasteiger partial charge in [0.2, 0.25) is 0 Å². The maximum absolute atomic E-state index is 3.75. The van der Waals surface area contributed by atoms with Crippen LogP contribution in [0.25, 0.3) is 0 Å². The third-order valence-corrected chi connectivity index (χ3v) is 5.34. The number of piperidine rings is 1. The Bertz CT molecular complexity index is 424. The van der Waals surface area contributed by atoms with Gasteiger partial charge < -0.3 is 10.2 Å². The Hall–Kier alpha value is 0.190. The van der Waals surface area contributed by atoms with E-state index in [1.54, 1.807) is 0 Å². The summed E-state index contributed by atoms with van der Waals surface area (Å²) in [5, 5.41) is 3.75. The molecule has 0 aromatic heterocycles. The van der Waals surface area contributed by atoms with E-state index in [0.29, 0.717) is 6.04 Å². The van der Waals surface area contributed by atoms with E-state index >= 15 is 0 Å². The predicted octanol–water partition coefficient (Wildman–Crippen LogP) is 3.56. The summed E-state index contributed by atoms with van der Waals surface area (Å²) >= 11 is 5.96. The smallest absolute Gasteiger partial charge is 0.0489 e. The molecular weight excluding hydrogens is 391 g/mol. The van der Waals surface area contributed by atoms with Crippen molar-refractivity contribution in [3.63, 3.8) is 0 Å². The van der Waals surface area contributed by atoms with Gasteiger partial charge in [-0.1, -0.05) is 15.9 Å². The third-order valence-electron chi connectivity index (χ3n) is 3.90. The Morgan fingerprint density at radius 2 is 2.12 bits per heavy atom. The van der Waals surface area contributed by atoms with Gasteiger partial charge in [-0.25, -0.2) is 0 Å². The highest BCUT2D eigenvalue weighted by Crippen LogP contribution is 2.31. The number of nitrogens with one attached hydrogen (secondary N) is 1. The summed E-state index contributed by atoms with van der Waals surface area (Å²) in [6.45, 7) is 3.86. The van der Waals surface area contributed by atoms with Gasteiger partial charge in [-0.05, 0) is 66.1 Å². The van der Waals surface area contributed by atoms with Gasteiger partial charge in [0.15, 0.2) is 0 Å². The zero-order chi connectivity index (χ0) is 11.8. The summed E-state index contributed by atoms with van der Waals surface area (Å²) in [5.41, 5.74) is 1.28. The molecule has 2 saturated heterocycles. The van der Waals surface area contributed by atoms with Gasteiger partial charge in [0.1, 0.15) is 0 Å². The van der Waals surface area contributed by atoms with Crippen LogP contribution in [0.5, 0.6) is 0 Å². The van der Waals surface area contributed by atoms with Gasteiger partial charge >= 0.3 is 0 Å². The molecule has 0 amide bonds. The lowest BCUT2D eigenvalue weighted by molar-refractivity contribution is 0.255. The Balaban J connectivity index is 1.75. The molecule has 2 bridgehead atoms. The lowest BCUT2D eigenvalue weighted by Crippen LogP contribution is -2.39. The van der Waals surface area contributed by atoms with Crippen LogP contribution in [0.3, 0.4) is 0 Å². The second-order valence-electron chi connectivity index (χ2n) is 5.01. The summed E-state index contributed by atoms with van der Waals surface area (Å²) in [4.78, 5) is 2.59. The number of fused-ring (bicyclic) bond motifs is 2. The maximum Gasteiger partial charge on any atom is 0.0489 e. The molecule has 1 aromatic carbocycles. The van der Waals surface area contributed by atoms with E-state index in [0.717, 1.165) is 10.4 Å². The van der Waals surface area contributed by atoms with Crippen molar-refractivity contribution in [2.24, 2.45) is 5.92 Å². The molecule has 2 heterocycles.